The van der Waals surface area contributed by atoms with Gasteiger partial charge < -0.3 is 19.5 Å². The maximum atomic E-state index is 13.6. The summed E-state index contributed by atoms with van der Waals surface area (Å²) in [5, 5.41) is 2.90. The van der Waals surface area contributed by atoms with E-state index in [-0.39, 0.29) is 43.6 Å². The quantitative estimate of drug-likeness (QED) is 0.362. The average Bonchev–Trinajstić information content (AvgIpc) is 2.94. The van der Waals surface area contributed by atoms with Crippen LogP contribution in [0.5, 0.6) is 5.75 Å². The van der Waals surface area contributed by atoms with Crippen molar-refractivity contribution in [1.29, 1.82) is 0 Å². The molecule has 1 fully saturated rings. The summed E-state index contributed by atoms with van der Waals surface area (Å²) >= 11 is 0. The van der Waals surface area contributed by atoms with E-state index in [4.69, 9.17) is 14.2 Å². The van der Waals surface area contributed by atoms with Gasteiger partial charge in [-0.1, -0.05) is 30.3 Å². The number of benzene rings is 2. The zero-order valence-corrected chi connectivity index (χ0v) is 23.4. The number of hydrogen-bond donors (Lipinski definition) is 1. The van der Waals surface area contributed by atoms with E-state index in [1.807, 2.05) is 42.5 Å². The number of pyridine rings is 1. The van der Waals surface area contributed by atoms with E-state index in [9.17, 15) is 13.2 Å². The van der Waals surface area contributed by atoms with Gasteiger partial charge in [0, 0.05) is 31.3 Å². The first-order valence-corrected chi connectivity index (χ1v) is 14.3. The molecular formula is C29H35N3O6S. The van der Waals surface area contributed by atoms with Crippen molar-refractivity contribution in [1.82, 2.24) is 14.6 Å². The fraction of sp³-hybridized carbons (Fsp3) is 0.379. The Morgan fingerprint density at radius 2 is 1.87 bits per heavy atom. The Morgan fingerprint density at radius 1 is 1.13 bits per heavy atom. The van der Waals surface area contributed by atoms with E-state index in [0.29, 0.717) is 30.0 Å². The first-order valence-electron chi connectivity index (χ1n) is 12.9. The first-order chi connectivity index (χ1) is 18.8. The van der Waals surface area contributed by atoms with Crippen molar-refractivity contribution in [2.45, 2.75) is 37.8 Å². The zero-order valence-electron chi connectivity index (χ0n) is 22.6. The lowest BCUT2D eigenvalue weighted by molar-refractivity contribution is -0.122. The summed E-state index contributed by atoms with van der Waals surface area (Å²) in [4.78, 5) is 17.0. The normalized spacial score (nSPS) is 16.1. The van der Waals surface area contributed by atoms with Crippen LogP contribution in [0.1, 0.15) is 23.1 Å². The lowest BCUT2D eigenvalue weighted by Gasteiger charge is -2.35. The van der Waals surface area contributed by atoms with Crippen molar-refractivity contribution in [3.63, 3.8) is 0 Å². The third-order valence-corrected chi connectivity index (χ3v) is 8.86. The second kappa shape index (κ2) is 13.2. The average molecular weight is 554 g/mol. The van der Waals surface area contributed by atoms with E-state index < -0.39 is 16.1 Å². The van der Waals surface area contributed by atoms with Gasteiger partial charge in [-0.05, 0) is 54.8 Å². The highest BCUT2D eigenvalue weighted by Crippen LogP contribution is 2.30. The number of nitrogens with zero attached hydrogens (tertiary/aromatic N) is 2. The molecule has 1 atom stereocenters. The van der Waals surface area contributed by atoms with Crippen molar-refractivity contribution < 1.29 is 27.4 Å². The van der Waals surface area contributed by atoms with Crippen LogP contribution in [0.25, 0.3) is 11.3 Å². The molecule has 4 rings (SSSR count). The Morgan fingerprint density at radius 3 is 2.54 bits per heavy atom. The lowest BCUT2D eigenvalue weighted by atomic mass is 10.1. The highest BCUT2D eigenvalue weighted by Gasteiger charge is 2.36. The van der Waals surface area contributed by atoms with Gasteiger partial charge >= 0.3 is 0 Å². The third kappa shape index (κ3) is 7.21. The van der Waals surface area contributed by atoms with E-state index in [2.05, 4.69) is 10.3 Å². The maximum Gasteiger partial charge on any atom is 0.244 e. The smallest absolute Gasteiger partial charge is 0.244 e. The molecule has 0 unspecified atom stereocenters. The van der Waals surface area contributed by atoms with Gasteiger partial charge in [0.1, 0.15) is 5.75 Å². The molecule has 1 N–H and O–H groups in total. The molecule has 0 aliphatic carbocycles. The van der Waals surface area contributed by atoms with Gasteiger partial charge in [0.2, 0.25) is 15.9 Å². The number of hydrogen-bond acceptors (Lipinski definition) is 7. The van der Waals surface area contributed by atoms with E-state index >= 15 is 0 Å². The second-order valence-corrected chi connectivity index (χ2v) is 11.3. The summed E-state index contributed by atoms with van der Waals surface area (Å²) in [7, 11) is -2.22. The molecule has 2 heterocycles. The molecule has 1 aromatic heterocycles. The summed E-state index contributed by atoms with van der Waals surface area (Å²) in [6, 6.07) is 16.6. The van der Waals surface area contributed by atoms with Crippen LogP contribution >= 0.6 is 0 Å². The number of morpholine rings is 1. The van der Waals surface area contributed by atoms with Gasteiger partial charge in [-0.3, -0.25) is 9.78 Å². The molecule has 3 aromatic rings. The van der Waals surface area contributed by atoms with Crippen LogP contribution in [0.2, 0.25) is 0 Å². The number of methoxy groups -OCH3 is 1. The summed E-state index contributed by atoms with van der Waals surface area (Å²) in [5.74, 6) is 0.475. The lowest BCUT2D eigenvalue weighted by Crippen LogP contribution is -2.51. The fourth-order valence-electron chi connectivity index (χ4n) is 4.64. The van der Waals surface area contributed by atoms with Gasteiger partial charge in [0.15, 0.2) is 0 Å². The van der Waals surface area contributed by atoms with Gasteiger partial charge in [-0.2, -0.15) is 4.31 Å². The minimum absolute atomic E-state index is 0.135. The monoisotopic (exact) mass is 553 g/mol. The van der Waals surface area contributed by atoms with Crippen molar-refractivity contribution in [3.8, 4) is 17.0 Å². The number of rotatable bonds is 11. The standard InChI is InChI=1S/C29H35N3O6S/c1-21-16-26(36-3)17-22(2)29(21)39(34,35)32-13-15-38-20-25(32)19-37-14-11-28(33)31-18-23-7-9-24(10-8-23)27-6-4-5-12-30-27/h4-10,12,16-17,25H,11,13-15,18-20H2,1-3H3,(H,31,33)/t25-/m0/s1. The van der Waals surface area contributed by atoms with Crippen LogP contribution in [0, 0.1) is 13.8 Å². The van der Waals surface area contributed by atoms with Crippen LogP contribution in [0.3, 0.4) is 0 Å². The van der Waals surface area contributed by atoms with E-state index in [1.54, 1.807) is 39.3 Å². The van der Waals surface area contributed by atoms with Gasteiger partial charge in [-0.15, -0.1) is 0 Å². The van der Waals surface area contributed by atoms with Crippen molar-refractivity contribution in [2.75, 3.05) is 40.1 Å². The highest BCUT2D eigenvalue weighted by atomic mass is 32.2. The van der Waals surface area contributed by atoms with Crippen LogP contribution < -0.4 is 10.1 Å². The predicted molar refractivity (Wildman–Crippen MR) is 148 cm³/mol. The number of sulfonamides is 1. The number of carbonyl (C=O) groups excluding carboxylic acids is 1. The topological polar surface area (TPSA) is 107 Å². The number of nitrogens with one attached hydrogen (secondary N) is 1. The Kier molecular flexibility index (Phi) is 9.68. The number of aromatic nitrogens is 1. The molecule has 208 valence electrons. The Hall–Kier alpha value is -3.31. The molecule has 1 aliphatic heterocycles. The number of carbonyl (C=O) groups is 1. The maximum absolute atomic E-state index is 13.6. The van der Waals surface area contributed by atoms with Crippen molar-refractivity contribution in [2.24, 2.45) is 0 Å². The van der Waals surface area contributed by atoms with Crippen LogP contribution in [0.4, 0.5) is 0 Å². The van der Waals surface area contributed by atoms with E-state index in [0.717, 1.165) is 16.8 Å². The third-order valence-electron chi connectivity index (χ3n) is 6.60. The minimum Gasteiger partial charge on any atom is -0.497 e. The first kappa shape index (κ1) is 28.7. The summed E-state index contributed by atoms with van der Waals surface area (Å²) in [5.41, 5.74) is 4.14. The van der Waals surface area contributed by atoms with Crippen LogP contribution in [-0.2, 0) is 30.8 Å². The molecule has 10 heteroatoms. The Bertz CT molecular complexity index is 1340. The summed E-state index contributed by atoms with van der Waals surface area (Å²) in [6.07, 6.45) is 1.93. The van der Waals surface area contributed by atoms with Crippen molar-refractivity contribution >= 4 is 15.9 Å². The molecule has 0 spiro atoms. The molecule has 1 saturated heterocycles. The molecular weight excluding hydrogens is 518 g/mol. The molecule has 39 heavy (non-hydrogen) atoms. The minimum atomic E-state index is -3.78. The van der Waals surface area contributed by atoms with Crippen LogP contribution in [-0.4, -0.2) is 69.7 Å². The van der Waals surface area contributed by atoms with Gasteiger partial charge in [0.05, 0.1) is 50.2 Å². The number of amides is 1. The Labute approximate surface area is 230 Å². The highest BCUT2D eigenvalue weighted by molar-refractivity contribution is 7.89. The Balaban J connectivity index is 1.26. The number of ether oxygens (including phenoxy) is 3. The molecule has 2 aromatic carbocycles. The SMILES string of the molecule is COc1cc(C)c(S(=O)(=O)N2CCOC[C@@H]2COCCC(=O)NCc2ccc(-c3ccccn3)cc2)c(C)c1. The zero-order chi connectivity index (χ0) is 27.8. The number of aryl methyl sites for hydroxylation is 2. The van der Waals surface area contributed by atoms with Gasteiger partial charge in [0.25, 0.3) is 0 Å². The van der Waals surface area contributed by atoms with E-state index in [1.165, 1.54) is 4.31 Å². The predicted octanol–water partition coefficient (Wildman–Crippen LogP) is 3.49. The largest absolute Gasteiger partial charge is 0.497 e. The molecule has 9 nitrogen and oxygen atoms in total. The fourth-order valence-corrected chi connectivity index (χ4v) is 6.64. The van der Waals surface area contributed by atoms with Crippen molar-refractivity contribution in [3.05, 3.63) is 77.5 Å². The van der Waals surface area contributed by atoms with Gasteiger partial charge in [-0.25, -0.2) is 8.42 Å². The summed E-state index contributed by atoms with van der Waals surface area (Å²) in [6.45, 7) is 5.03. The summed E-state index contributed by atoms with van der Waals surface area (Å²) < 4.78 is 45.2. The molecule has 1 amide bonds. The molecule has 0 radical (unpaired) electrons. The van der Waals surface area contributed by atoms with Crippen LogP contribution in [0.15, 0.2) is 65.7 Å². The molecule has 0 bridgehead atoms. The molecule has 1 aliphatic rings. The second-order valence-electron chi connectivity index (χ2n) is 9.45. The molecule has 0 saturated carbocycles.